The number of benzene rings is 3. The van der Waals surface area contributed by atoms with Crippen molar-refractivity contribution in [1.29, 1.82) is 0 Å². The number of ether oxygens (including phenoxy) is 3. The Kier molecular flexibility index (Phi) is 7.74. The van der Waals surface area contributed by atoms with Gasteiger partial charge in [0.25, 0.3) is 5.91 Å². The van der Waals surface area contributed by atoms with Crippen molar-refractivity contribution < 1.29 is 23.8 Å². The van der Waals surface area contributed by atoms with Gasteiger partial charge < -0.3 is 24.8 Å². The van der Waals surface area contributed by atoms with E-state index >= 15 is 0 Å². The Balaban J connectivity index is 1.30. The summed E-state index contributed by atoms with van der Waals surface area (Å²) in [5.74, 6) is 1.61. The second-order valence-corrected chi connectivity index (χ2v) is 9.32. The number of carbonyl (C=O) groups is 2. The standard InChI is InChI=1S/C25H23N3O5S2/c1-31-17-7-10-19-22(13-17)35-25(27-19)28-23(29)14-34-18-8-5-16(6-9-18)26-24(30)15-4-11-20(32-2)21(12-15)33-3/h4-13H,14H2,1-3H3,(H,26,30)(H,27,28,29). The lowest BCUT2D eigenvalue weighted by molar-refractivity contribution is -0.113. The minimum Gasteiger partial charge on any atom is -0.497 e. The van der Waals surface area contributed by atoms with Crippen LogP contribution in [0.3, 0.4) is 0 Å². The number of thioether (sulfide) groups is 1. The van der Waals surface area contributed by atoms with Crippen molar-refractivity contribution in [2.24, 2.45) is 0 Å². The van der Waals surface area contributed by atoms with Crippen LogP contribution in [0.2, 0.25) is 0 Å². The lowest BCUT2D eigenvalue weighted by Crippen LogP contribution is -2.13. The number of rotatable bonds is 9. The molecule has 4 aromatic rings. The van der Waals surface area contributed by atoms with Gasteiger partial charge in [-0.05, 0) is 60.7 Å². The summed E-state index contributed by atoms with van der Waals surface area (Å²) < 4.78 is 16.6. The predicted molar refractivity (Wildman–Crippen MR) is 139 cm³/mol. The number of methoxy groups -OCH3 is 3. The zero-order valence-corrected chi connectivity index (χ0v) is 20.9. The number of aromatic nitrogens is 1. The number of carbonyl (C=O) groups excluding carboxylic acids is 2. The van der Waals surface area contributed by atoms with Crippen molar-refractivity contribution in [2.75, 3.05) is 37.7 Å². The first kappa shape index (κ1) is 24.4. The number of nitrogens with zero attached hydrogens (tertiary/aromatic N) is 1. The molecule has 8 nitrogen and oxygen atoms in total. The molecular weight excluding hydrogens is 486 g/mol. The Labute approximate surface area is 210 Å². The van der Waals surface area contributed by atoms with Crippen molar-refractivity contribution in [1.82, 2.24) is 4.98 Å². The Morgan fingerprint density at radius 3 is 2.37 bits per heavy atom. The first-order chi connectivity index (χ1) is 17.0. The molecule has 0 aliphatic carbocycles. The molecule has 0 spiro atoms. The van der Waals surface area contributed by atoms with Crippen LogP contribution in [0.5, 0.6) is 17.2 Å². The van der Waals surface area contributed by atoms with Crippen LogP contribution < -0.4 is 24.8 Å². The highest BCUT2D eigenvalue weighted by Crippen LogP contribution is 2.30. The highest BCUT2D eigenvalue weighted by molar-refractivity contribution is 8.00. The van der Waals surface area contributed by atoms with E-state index in [4.69, 9.17) is 14.2 Å². The van der Waals surface area contributed by atoms with Crippen molar-refractivity contribution in [3.63, 3.8) is 0 Å². The van der Waals surface area contributed by atoms with Crippen molar-refractivity contribution in [2.45, 2.75) is 4.90 Å². The van der Waals surface area contributed by atoms with Gasteiger partial charge in [-0.25, -0.2) is 4.98 Å². The molecule has 1 aromatic heterocycles. The van der Waals surface area contributed by atoms with E-state index in [0.29, 0.717) is 27.9 Å². The van der Waals surface area contributed by atoms with Gasteiger partial charge in [-0.15, -0.1) is 11.8 Å². The monoisotopic (exact) mass is 509 g/mol. The maximum atomic E-state index is 12.6. The fourth-order valence-corrected chi connectivity index (χ4v) is 4.81. The van der Waals surface area contributed by atoms with E-state index in [9.17, 15) is 9.59 Å². The number of fused-ring (bicyclic) bond motifs is 1. The molecule has 0 saturated carbocycles. The number of thiazole rings is 1. The Morgan fingerprint density at radius 1 is 0.886 bits per heavy atom. The normalized spacial score (nSPS) is 10.6. The smallest absolute Gasteiger partial charge is 0.255 e. The molecule has 2 N–H and O–H groups in total. The molecule has 0 unspecified atom stereocenters. The molecule has 0 radical (unpaired) electrons. The highest BCUT2D eigenvalue weighted by atomic mass is 32.2. The Morgan fingerprint density at radius 2 is 1.66 bits per heavy atom. The van der Waals surface area contributed by atoms with Crippen LogP contribution in [0.15, 0.2) is 65.6 Å². The van der Waals surface area contributed by atoms with E-state index in [1.165, 1.54) is 30.2 Å². The summed E-state index contributed by atoms with van der Waals surface area (Å²) in [6.45, 7) is 0. The molecule has 1 heterocycles. The fourth-order valence-electron chi connectivity index (χ4n) is 3.20. The van der Waals surface area contributed by atoms with Gasteiger partial charge in [0.2, 0.25) is 5.91 Å². The predicted octanol–water partition coefficient (Wildman–Crippen LogP) is 5.31. The van der Waals surface area contributed by atoms with Crippen LogP contribution in [0.25, 0.3) is 10.2 Å². The molecule has 180 valence electrons. The van der Waals surface area contributed by atoms with Crippen molar-refractivity contribution in [3.8, 4) is 17.2 Å². The molecule has 0 atom stereocenters. The van der Waals surface area contributed by atoms with Crippen molar-refractivity contribution >= 4 is 55.9 Å². The van der Waals surface area contributed by atoms with Crippen LogP contribution in [0.1, 0.15) is 10.4 Å². The van der Waals surface area contributed by atoms with Crippen LogP contribution in [-0.4, -0.2) is 43.9 Å². The van der Waals surface area contributed by atoms with E-state index in [2.05, 4.69) is 15.6 Å². The van der Waals surface area contributed by atoms with Gasteiger partial charge in [0.05, 0.1) is 37.3 Å². The topological polar surface area (TPSA) is 98.8 Å². The SMILES string of the molecule is COc1ccc2nc(NC(=O)CSc3ccc(NC(=O)c4ccc(OC)c(OC)c4)cc3)sc2c1. The van der Waals surface area contributed by atoms with Crippen molar-refractivity contribution in [3.05, 3.63) is 66.2 Å². The number of hydrogen-bond donors (Lipinski definition) is 2. The van der Waals surface area contributed by atoms with Crippen LogP contribution in [-0.2, 0) is 4.79 Å². The van der Waals surface area contributed by atoms with E-state index in [1.54, 1.807) is 44.6 Å². The number of amides is 2. The number of nitrogens with one attached hydrogen (secondary N) is 2. The lowest BCUT2D eigenvalue weighted by atomic mass is 10.2. The summed E-state index contributed by atoms with van der Waals surface area (Å²) in [5, 5.41) is 6.24. The molecule has 0 aliphatic heterocycles. The van der Waals surface area contributed by atoms with Crippen LogP contribution in [0, 0.1) is 0 Å². The maximum Gasteiger partial charge on any atom is 0.255 e. The largest absolute Gasteiger partial charge is 0.497 e. The summed E-state index contributed by atoms with van der Waals surface area (Å²) in [6.07, 6.45) is 0. The van der Waals surface area contributed by atoms with Gasteiger partial charge in [-0.1, -0.05) is 11.3 Å². The van der Waals surface area contributed by atoms with Gasteiger partial charge in [0.15, 0.2) is 16.6 Å². The summed E-state index contributed by atoms with van der Waals surface area (Å²) in [6, 6.07) is 17.9. The van der Waals surface area contributed by atoms with Gasteiger partial charge in [-0.2, -0.15) is 0 Å². The minimum atomic E-state index is -0.265. The van der Waals surface area contributed by atoms with E-state index < -0.39 is 0 Å². The van der Waals surface area contributed by atoms with E-state index in [0.717, 1.165) is 20.9 Å². The fraction of sp³-hybridized carbons (Fsp3) is 0.160. The summed E-state index contributed by atoms with van der Waals surface area (Å²) in [5.41, 5.74) is 1.90. The number of hydrogen-bond acceptors (Lipinski definition) is 8. The first-order valence-electron chi connectivity index (χ1n) is 10.5. The highest BCUT2D eigenvalue weighted by Gasteiger charge is 2.12. The lowest BCUT2D eigenvalue weighted by Gasteiger charge is -2.10. The molecule has 2 amide bonds. The quantitative estimate of drug-likeness (QED) is 0.295. The molecule has 3 aromatic carbocycles. The summed E-state index contributed by atoms with van der Waals surface area (Å²) in [7, 11) is 4.67. The second-order valence-electron chi connectivity index (χ2n) is 7.24. The molecule has 0 bridgehead atoms. The Hall–Kier alpha value is -3.76. The average molecular weight is 510 g/mol. The zero-order chi connectivity index (χ0) is 24.8. The molecule has 10 heteroatoms. The third-order valence-electron chi connectivity index (χ3n) is 4.97. The van der Waals surface area contributed by atoms with E-state index in [-0.39, 0.29) is 17.6 Å². The molecular formula is C25H23N3O5S2. The first-order valence-corrected chi connectivity index (χ1v) is 12.3. The van der Waals surface area contributed by atoms with Gasteiger partial charge in [-0.3, -0.25) is 9.59 Å². The van der Waals surface area contributed by atoms with Gasteiger partial charge in [0.1, 0.15) is 5.75 Å². The van der Waals surface area contributed by atoms with Gasteiger partial charge in [0, 0.05) is 16.1 Å². The maximum absolute atomic E-state index is 12.6. The second kappa shape index (κ2) is 11.1. The molecule has 0 aliphatic rings. The zero-order valence-electron chi connectivity index (χ0n) is 19.3. The molecule has 4 rings (SSSR count). The average Bonchev–Trinajstić information content (AvgIpc) is 3.28. The number of anilines is 2. The Bertz CT molecular complexity index is 1360. The third-order valence-corrected chi connectivity index (χ3v) is 6.92. The van der Waals surface area contributed by atoms with Crippen LogP contribution >= 0.6 is 23.1 Å². The molecule has 0 saturated heterocycles. The molecule has 35 heavy (non-hydrogen) atoms. The summed E-state index contributed by atoms with van der Waals surface area (Å²) >= 11 is 2.79. The van der Waals surface area contributed by atoms with E-state index in [1.807, 2.05) is 30.3 Å². The van der Waals surface area contributed by atoms with Gasteiger partial charge >= 0.3 is 0 Å². The third kappa shape index (κ3) is 6.03. The van der Waals surface area contributed by atoms with Crippen LogP contribution in [0.4, 0.5) is 10.8 Å². The molecule has 0 fully saturated rings. The summed E-state index contributed by atoms with van der Waals surface area (Å²) in [4.78, 5) is 30.3. The minimum absolute atomic E-state index is 0.146.